The number of sulfone groups is 1. The van der Waals surface area contributed by atoms with E-state index in [1.807, 2.05) is 31.2 Å². The first-order valence-electron chi connectivity index (χ1n) is 9.20. The summed E-state index contributed by atoms with van der Waals surface area (Å²) in [6.45, 7) is 9.88. The quantitative estimate of drug-likeness (QED) is 0.813. The van der Waals surface area contributed by atoms with Crippen LogP contribution in [0.5, 0.6) is 0 Å². The second kappa shape index (κ2) is 7.03. The minimum absolute atomic E-state index is 0.0220. The molecular weight excluding hydrogens is 344 g/mol. The van der Waals surface area contributed by atoms with Gasteiger partial charge < -0.3 is 4.90 Å². The Morgan fingerprint density at radius 3 is 2.19 bits per heavy atom. The molecule has 2 heterocycles. The molecule has 0 aliphatic carbocycles. The first kappa shape index (κ1) is 18.9. The lowest BCUT2D eigenvalue weighted by Crippen LogP contribution is -2.40. The van der Waals surface area contributed by atoms with Crippen molar-refractivity contribution in [3.05, 3.63) is 53.7 Å². The fraction of sp³-hybridized carbons (Fsp3) is 0.476. The zero-order valence-corrected chi connectivity index (χ0v) is 16.9. The third kappa shape index (κ3) is 3.78. The average molecular weight is 373 g/mol. The van der Waals surface area contributed by atoms with Crippen molar-refractivity contribution >= 4 is 15.7 Å². The van der Waals surface area contributed by atoms with E-state index in [4.69, 9.17) is 0 Å². The minimum atomic E-state index is -3.29. The molecule has 26 heavy (non-hydrogen) atoms. The number of nitrogens with zero attached hydrogens (tertiary/aromatic N) is 2. The predicted octanol–water partition coefficient (Wildman–Crippen LogP) is 4.13. The number of aromatic nitrogens is 1. The Morgan fingerprint density at radius 2 is 1.65 bits per heavy atom. The molecule has 1 aliphatic rings. The topological polar surface area (TPSA) is 50.3 Å². The molecular formula is C21H28N2O2S. The Hall–Kier alpha value is -1.88. The van der Waals surface area contributed by atoms with E-state index in [1.54, 1.807) is 18.3 Å². The van der Waals surface area contributed by atoms with Crippen LogP contribution < -0.4 is 4.90 Å². The van der Waals surface area contributed by atoms with Crippen LogP contribution in [0.1, 0.15) is 44.7 Å². The van der Waals surface area contributed by atoms with E-state index in [2.05, 4.69) is 30.7 Å². The van der Waals surface area contributed by atoms with Gasteiger partial charge in [0.15, 0.2) is 9.84 Å². The number of benzene rings is 1. The molecule has 0 spiro atoms. The van der Waals surface area contributed by atoms with Gasteiger partial charge in [-0.15, -0.1) is 0 Å². The number of aryl methyl sites for hydroxylation is 1. The summed E-state index contributed by atoms with van der Waals surface area (Å²) in [6.07, 6.45) is 3.07. The van der Waals surface area contributed by atoms with E-state index in [9.17, 15) is 8.42 Å². The highest BCUT2D eigenvalue weighted by Gasteiger charge is 2.32. The molecule has 0 unspecified atom stereocenters. The highest BCUT2D eigenvalue weighted by atomic mass is 32.2. The maximum atomic E-state index is 13.0. The van der Waals surface area contributed by atoms with Crippen molar-refractivity contribution in [2.75, 3.05) is 18.0 Å². The van der Waals surface area contributed by atoms with Crippen molar-refractivity contribution in [1.82, 2.24) is 4.98 Å². The van der Waals surface area contributed by atoms with Gasteiger partial charge in [-0.2, -0.15) is 0 Å². The lowest BCUT2D eigenvalue weighted by Gasteiger charge is -2.33. The molecule has 2 aromatic rings. The van der Waals surface area contributed by atoms with E-state index in [-0.39, 0.29) is 10.7 Å². The Labute approximate surface area is 157 Å². The lowest BCUT2D eigenvalue weighted by atomic mass is 9.87. The van der Waals surface area contributed by atoms with Gasteiger partial charge in [0.2, 0.25) is 0 Å². The molecule has 1 aliphatic heterocycles. The fourth-order valence-corrected chi connectivity index (χ4v) is 5.26. The van der Waals surface area contributed by atoms with Gasteiger partial charge in [-0.25, -0.2) is 13.4 Å². The molecule has 5 heteroatoms. The first-order chi connectivity index (χ1) is 12.2. The van der Waals surface area contributed by atoms with Crippen LogP contribution in [0.15, 0.2) is 47.5 Å². The van der Waals surface area contributed by atoms with Crippen molar-refractivity contribution in [3.8, 4) is 0 Å². The molecule has 0 N–H and O–H groups in total. The highest BCUT2D eigenvalue weighted by molar-refractivity contribution is 7.92. The van der Waals surface area contributed by atoms with Crippen LogP contribution in [0.4, 0.5) is 5.82 Å². The molecule has 3 rings (SSSR count). The molecule has 1 aromatic carbocycles. The number of hydrogen-bond donors (Lipinski definition) is 0. The van der Waals surface area contributed by atoms with Gasteiger partial charge in [0.05, 0.1) is 10.1 Å². The van der Waals surface area contributed by atoms with Crippen LogP contribution in [0, 0.1) is 6.92 Å². The van der Waals surface area contributed by atoms with Gasteiger partial charge in [0, 0.05) is 19.3 Å². The van der Waals surface area contributed by atoms with E-state index >= 15 is 0 Å². The summed E-state index contributed by atoms with van der Waals surface area (Å²) in [6, 6.07) is 11.4. The van der Waals surface area contributed by atoms with Gasteiger partial charge in [0.25, 0.3) is 0 Å². The average Bonchev–Trinajstić information content (AvgIpc) is 2.62. The largest absolute Gasteiger partial charge is 0.356 e. The zero-order chi connectivity index (χ0) is 18.9. The van der Waals surface area contributed by atoms with Crippen LogP contribution in [0.3, 0.4) is 0 Å². The molecule has 1 aromatic heterocycles. The minimum Gasteiger partial charge on any atom is -0.356 e. The maximum Gasteiger partial charge on any atom is 0.181 e. The molecule has 140 valence electrons. The first-order valence-corrected chi connectivity index (χ1v) is 10.8. The third-order valence-electron chi connectivity index (χ3n) is 5.21. The van der Waals surface area contributed by atoms with Crippen molar-refractivity contribution < 1.29 is 8.42 Å². The fourth-order valence-electron chi connectivity index (χ4n) is 3.52. The molecule has 1 saturated heterocycles. The number of anilines is 1. The number of pyridine rings is 1. The van der Waals surface area contributed by atoms with E-state index < -0.39 is 9.84 Å². The van der Waals surface area contributed by atoms with Gasteiger partial charge in [-0.1, -0.05) is 39.0 Å². The van der Waals surface area contributed by atoms with Crippen LogP contribution in [0.25, 0.3) is 0 Å². The van der Waals surface area contributed by atoms with Crippen LogP contribution in [0.2, 0.25) is 0 Å². The summed E-state index contributed by atoms with van der Waals surface area (Å²) in [5.41, 5.74) is 2.30. The SMILES string of the molecule is Cc1cccnc1N1CCC(S(=O)(=O)c2ccc(C(C)(C)C)cc2)CC1. The summed E-state index contributed by atoms with van der Waals surface area (Å²) in [4.78, 5) is 7.10. The summed E-state index contributed by atoms with van der Waals surface area (Å²) in [5.74, 6) is 0.970. The van der Waals surface area contributed by atoms with Gasteiger partial charge in [-0.05, 0) is 54.5 Å². The predicted molar refractivity (Wildman–Crippen MR) is 107 cm³/mol. The van der Waals surface area contributed by atoms with E-state index in [1.165, 1.54) is 0 Å². The van der Waals surface area contributed by atoms with Crippen molar-refractivity contribution in [1.29, 1.82) is 0 Å². The lowest BCUT2D eigenvalue weighted by molar-refractivity contribution is 0.527. The summed E-state index contributed by atoms with van der Waals surface area (Å²) in [7, 11) is -3.29. The van der Waals surface area contributed by atoms with Crippen molar-refractivity contribution in [2.24, 2.45) is 0 Å². The van der Waals surface area contributed by atoms with E-state index in [0.717, 1.165) is 30.0 Å². The molecule has 0 radical (unpaired) electrons. The Balaban J connectivity index is 1.73. The Bertz CT molecular complexity index is 860. The van der Waals surface area contributed by atoms with E-state index in [0.29, 0.717) is 17.7 Å². The second-order valence-corrected chi connectivity index (χ2v) is 10.4. The number of hydrogen-bond acceptors (Lipinski definition) is 4. The monoisotopic (exact) mass is 372 g/mol. The van der Waals surface area contributed by atoms with Crippen LogP contribution >= 0.6 is 0 Å². The summed E-state index contributed by atoms with van der Waals surface area (Å²) in [5, 5.41) is -0.316. The zero-order valence-electron chi connectivity index (χ0n) is 16.1. The summed E-state index contributed by atoms with van der Waals surface area (Å²) >= 11 is 0. The summed E-state index contributed by atoms with van der Waals surface area (Å²) < 4.78 is 26.0. The standard InChI is InChI=1S/C21H28N2O2S/c1-16-6-5-13-22-20(16)23-14-11-19(12-15-23)26(24,25)18-9-7-17(8-10-18)21(2,3)4/h5-10,13,19H,11-12,14-15H2,1-4H3. The van der Waals surface area contributed by atoms with Gasteiger partial charge in [-0.3, -0.25) is 0 Å². The molecule has 4 nitrogen and oxygen atoms in total. The smallest absolute Gasteiger partial charge is 0.181 e. The van der Waals surface area contributed by atoms with Crippen molar-refractivity contribution in [3.63, 3.8) is 0 Å². The Morgan fingerprint density at radius 1 is 1.04 bits per heavy atom. The van der Waals surface area contributed by atoms with Crippen molar-refractivity contribution in [2.45, 2.75) is 56.1 Å². The van der Waals surface area contributed by atoms with Gasteiger partial charge in [0.1, 0.15) is 5.82 Å². The van der Waals surface area contributed by atoms with Gasteiger partial charge >= 0.3 is 0 Å². The highest BCUT2D eigenvalue weighted by Crippen LogP contribution is 2.29. The molecule has 0 atom stereocenters. The van der Waals surface area contributed by atoms with Crippen LogP contribution in [-0.2, 0) is 15.3 Å². The third-order valence-corrected chi connectivity index (χ3v) is 7.49. The number of piperidine rings is 1. The maximum absolute atomic E-state index is 13.0. The molecule has 0 amide bonds. The van der Waals surface area contributed by atoms with Crippen LogP contribution in [-0.4, -0.2) is 31.7 Å². The molecule has 0 bridgehead atoms. The normalized spacial score (nSPS) is 16.7. The Kier molecular flexibility index (Phi) is 5.11. The molecule has 1 fully saturated rings. The second-order valence-electron chi connectivity index (χ2n) is 8.15. The molecule has 0 saturated carbocycles. The number of rotatable bonds is 3.